The van der Waals surface area contributed by atoms with E-state index in [1.165, 1.54) is 11.3 Å². The lowest BCUT2D eigenvalue weighted by molar-refractivity contribution is -0.128. The van der Waals surface area contributed by atoms with Crippen LogP contribution in [0.2, 0.25) is 0 Å². The second-order valence-corrected chi connectivity index (χ2v) is 5.38. The number of hydrogen-bond donors (Lipinski definition) is 1. The first-order valence-electron chi connectivity index (χ1n) is 5.76. The molecule has 5 heteroatoms. The average Bonchev–Trinajstić information content (AvgIpc) is 2.95. The zero-order chi connectivity index (χ0) is 12.3. The molecule has 0 unspecified atom stereocenters. The molecule has 4 nitrogen and oxygen atoms in total. The fraction of sp³-hybridized carbons (Fsp3) is 0.583. The summed E-state index contributed by atoms with van der Waals surface area (Å²) >= 11 is 1.53. The van der Waals surface area contributed by atoms with Gasteiger partial charge < -0.3 is 5.32 Å². The summed E-state index contributed by atoms with van der Waals surface area (Å²) < 4.78 is 0. The second-order valence-electron chi connectivity index (χ2n) is 4.44. The van der Waals surface area contributed by atoms with Crippen LogP contribution in [-0.4, -0.2) is 10.9 Å². The van der Waals surface area contributed by atoms with Gasteiger partial charge in [0.2, 0.25) is 5.91 Å². The number of aromatic nitrogens is 1. The van der Waals surface area contributed by atoms with Crippen LogP contribution < -0.4 is 5.32 Å². The number of aryl methyl sites for hydroxylation is 1. The van der Waals surface area contributed by atoms with E-state index in [9.17, 15) is 10.1 Å². The third kappa shape index (κ3) is 2.32. The highest BCUT2D eigenvalue weighted by Gasteiger charge is 2.41. The maximum Gasteiger partial charge on any atom is 0.240 e. The van der Waals surface area contributed by atoms with Crippen LogP contribution >= 0.6 is 11.3 Å². The lowest BCUT2D eigenvalue weighted by Gasteiger charge is -2.18. The smallest absolute Gasteiger partial charge is 0.240 e. The summed E-state index contributed by atoms with van der Waals surface area (Å²) in [6.07, 6.45) is 3.33. The molecule has 0 radical (unpaired) electrons. The van der Waals surface area contributed by atoms with E-state index in [0.29, 0.717) is 19.4 Å². The van der Waals surface area contributed by atoms with E-state index in [2.05, 4.69) is 16.4 Å². The third-order valence-corrected chi connectivity index (χ3v) is 4.30. The monoisotopic (exact) mass is 249 g/mol. The van der Waals surface area contributed by atoms with Crippen molar-refractivity contribution in [1.82, 2.24) is 10.3 Å². The Morgan fingerprint density at radius 1 is 1.65 bits per heavy atom. The van der Waals surface area contributed by atoms with Crippen LogP contribution in [0.15, 0.2) is 5.51 Å². The van der Waals surface area contributed by atoms with E-state index in [-0.39, 0.29) is 5.91 Å². The van der Waals surface area contributed by atoms with Crippen molar-refractivity contribution in [2.75, 3.05) is 0 Å². The van der Waals surface area contributed by atoms with E-state index in [1.54, 1.807) is 5.51 Å². The van der Waals surface area contributed by atoms with Crippen molar-refractivity contribution >= 4 is 17.2 Å². The molecule has 1 aliphatic carbocycles. The molecule has 0 atom stereocenters. The fourth-order valence-corrected chi connectivity index (χ4v) is 2.91. The van der Waals surface area contributed by atoms with Crippen LogP contribution in [0.25, 0.3) is 0 Å². The minimum Gasteiger partial charge on any atom is -0.350 e. The summed E-state index contributed by atoms with van der Waals surface area (Å²) in [7, 11) is 0. The van der Waals surface area contributed by atoms with Crippen molar-refractivity contribution in [3.63, 3.8) is 0 Å². The highest BCUT2D eigenvalue weighted by atomic mass is 32.1. The van der Waals surface area contributed by atoms with E-state index >= 15 is 0 Å². The maximum absolute atomic E-state index is 12.1. The van der Waals surface area contributed by atoms with Gasteiger partial charge >= 0.3 is 0 Å². The molecular formula is C12H15N3OS. The van der Waals surface area contributed by atoms with E-state index in [0.717, 1.165) is 23.4 Å². The number of hydrogen-bond acceptors (Lipinski definition) is 4. The molecule has 1 saturated carbocycles. The summed E-state index contributed by atoms with van der Waals surface area (Å²) in [6, 6.07) is 2.20. The van der Waals surface area contributed by atoms with Crippen molar-refractivity contribution in [3.05, 3.63) is 16.1 Å². The molecular weight excluding hydrogens is 234 g/mol. The first kappa shape index (κ1) is 12.1. The first-order valence-corrected chi connectivity index (χ1v) is 6.64. The number of carbonyl (C=O) groups excluding carboxylic acids is 1. The standard InChI is InChI=1S/C12H15N3OS/c1-9-10(17-8-15-9)6-14-11(16)12(7-13)4-2-3-5-12/h8H,2-6H2,1H3,(H,14,16). The van der Waals surface area contributed by atoms with Crippen LogP contribution in [-0.2, 0) is 11.3 Å². The number of rotatable bonds is 3. The van der Waals surface area contributed by atoms with E-state index < -0.39 is 5.41 Å². The van der Waals surface area contributed by atoms with Gasteiger partial charge in [-0.25, -0.2) is 4.98 Å². The first-order chi connectivity index (χ1) is 8.18. The van der Waals surface area contributed by atoms with Gasteiger partial charge in [-0.2, -0.15) is 5.26 Å². The molecule has 17 heavy (non-hydrogen) atoms. The summed E-state index contributed by atoms with van der Waals surface area (Å²) in [5.74, 6) is -0.120. The summed E-state index contributed by atoms with van der Waals surface area (Å²) in [6.45, 7) is 2.41. The molecule has 90 valence electrons. The molecule has 0 bridgehead atoms. The Balaban J connectivity index is 1.98. The Labute approximate surface area is 105 Å². The fourth-order valence-electron chi connectivity index (χ4n) is 2.19. The highest BCUT2D eigenvalue weighted by molar-refractivity contribution is 7.09. The lowest BCUT2D eigenvalue weighted by atomic mass is 9.87. The quantitative estimate of drug-likeness (QED) is 0.892. The zero-order valence-corrected chi connectivity index (χ0v) is 10.6. The molecule has 0 aromatic carbocycles. The minimum absolute atomic E-state index is 0.120. The molecule has 0 spiro atoms. The van der Waals surface area contributed by atoms with Gasteiger partial charge in [0.1, 0.15) is 5.41 Å². The van der Waals surface area contributed by atoms with Crippen LogP contribution in [0, 0.1) is 23.7 Å². The summed E-state index contributed by atoms with van der Waals surface area (Å²) in [5, 5.41) is 12.0. The Kier molecular flexibility index (Phi) is 3.43. The molecule has 1 N–H and O–H groups in total. The van der Waals surface area contributed by atoms with Gasteiger partial charge in [0, 0.05) is 4.88 Å². The SMILES string of the molecule is Cc1ncsc1CNC(=O)C1(C#N)CCCC1. The van der Waals surface area contributed by atoms with Gasteiger partial charge in [-0.15, -0.1) is 11.3 Å². The zero-order valence-electron chi connectivity index (χ0n) is 9.82. The molecule has 1 aromatic rings. The predicted molar refractivity (Wildman–Crippen MR) is 65.2 cm³/mol. The van der Waals surface area contributed by atoms with Gasteiger partial charge in [-0.05, 0) is 19.8 Å². The van der Waals surface area contributed by atoms with Crippen LogP contribution in [0.5, 0.6) is 0 Å². The van der Waals surface area contributed by atoms with Gasteiger partial charge in [0.25, 0.3) is 0 Å². The normalized spacial score (nSPS) is 17.6. The van der Waals surface area contributed by atoms with Gasteiger partial charge in [0.15, 0.2) is 0 Å². The minimum atomic E-state index is -0.779. The summed E-state index contributed by atoms with van der Waals surface area (Å²) in [4.78, 5) is 17.2. The molecule has 1 heterocycles. The molecule has 0 saturated heterocycles. The Morgan fingerprint density at radius 3 is 2.88 bits per heavy atom. The Morgan fingerprint density at radius 2 is 2.35 bits per heavy atom. The number of nitriles is 1. The number of nitrogens with zero attached hydrogens (tertiary/aromatic N) is 2. The molecule has 1 amide bonds. The highest BCUT2D eigenvalue weighted by Crippen LogP contribution is 2.37. The largest absolute Gasteiger partial charge is 0.350 e. The summed E-state index contributed by atoms with van der Waals surface area (Å²) in [5.41, 5.74) is 1.94. The van der Waals surface area contributed by atoms with Crippen molar-refractivity contribution in [2.24, 2.45) is 5.41 Å². The van der Waals surface area contributed by atoms with Crippen molar-refractivity contribution in [1.29, 1.82) is 5.26 Å². The molecule has 1 fully saturated rings. The van der Waals surface area contributed by atoms with Crippen molar-refractivity contribution in [2.45, 2.75) is 39.2 Å². The van der Waals surface area contributed by atoms with Gasteiger partial charge in [0.05, 0.1) is 23.8 Å². The lowest BCUT2D eigenvalue weighted by Crippen LogP contribution is -2.37. The van der Waals surface area contributed by atoms with Crippen LogP contribution in [0.1, 0.15) is 36.3 Å². The number of thiazole rings is 1. The van der Waals surface area contributed by atoms with E-state index in [1.807, 2.05) is 6.92 Å². The van der Waals surface area contributed by atoms with E-state index in [4.69, 9.17) is 0 Å². The van der Waals surface area contributed by atoms with Gasteiger partial charge in [-0.1, -0.05) is 12.8 Å². The second kappa shape index (κ2) is 4.84. The number of amides is 1. The third-order valence-electron chi connectivity index (χ3n) is 3.36. The predicted octanol–water partition coefficient (Wildman–Crippen LogP) is 2.15. The van der Waals surface area contributed by atoms with Crippen LogP contribution in [0.4, 0.5) is 0 Å². The average molecular weight is 249 g/mol. The number of carbonyl (C=O) groups is 1. The van der Waals surface area contributed by atoms with Crippen molar-refractivity contribution in [3.8, 4) is 6.07 Å². The molecule has 2 rings (SSSR count). The Bertz CT molecular complexity index is 455. The Hall–Kier alpha value is -1.41. The van der Waals surface area contributed by atoms with Gasteiger partial charge in [-0.3, -0.25) is 4.79 Å². The topological polar surface area (TPSA) is 65.8 Å². The maximum atomic E-state index is 12.1. The van der Waals surface area contributed by atoms with Crippen LogP contribution in [0.3, 0.4) is 0 Å². The molecule has 1 aliphatic rings. The molecule has 1 aromatic heterocycles. The molecule has 0 aliphatic heterocycles. The van der Waals surface area contributed by atoms with Crippen molar-refractivity contribution < 1.29 is 4.79 Å². The number of nitrogens with one attached hydrogen (secondary N) is 1.